The van der Waals surface area contributed by atoms with E-state index < -0.39 is 0 Å². The number of halogens is 2. The molecule has 0 saturated carbocycles. The van der Waals surface area contributed by atoms with Crippen LogP contribution in [-0.4, -0.2) is 33.0 Å². The standard InChI is InChI=1S/C19H17Cl2N5O2S2/c1-28-17(27)15-11-3-2-4-14(11)30-16(15)23-19(29)24-18-22-9-26(25-18)8-10-5-6-12(20)13(21)7-10/h5-7,9H,2-4,8H2,1H3,(H2,23,24,25,29). The first-order chi connectivity index (χ1) is 14.4. The van der Waals surface area contributed by atoms with Gasteiger partial charge in [-0.3, -0.25) is 5.32 Å². The summed E-state index contributed by atoms with van der Waals surface area (Å²) in [4.78, 5) is 17.7. The fraction of sp³-hybridized carbons (Fsp3) is 0.263. The summed E-state index contributed by atoms with van der Waals surface area (Å²) in [6.45, 7) is 0.482. The molecule has 0 saturated heterocycles. The third-order valence-corrected chi connectivity index (χ3v) is 6.78. The van der Waals surface area contributed by atoms with Crippen LogP contribution in [0.25, 0.3) is 0 Å². The van der Waals surface area contributed by atoms with Crippen molar-refractivity contribution in [1.29, 1.82) is 0 Å². The van der Waals surface area contributed by atoms with Crippen molar-refractivity contribution >= 4 is 68.8 Å². The predicted octanol–water partition coefficient (Wildman–Crippen LogP) is 4.78. The number of ether oxygens (including phenoxy) is 1. The van der Waals surface area contributed by atoms with Crippen LogP contribution in [-0.2, 0) is 24.1 Å². The zero-order valence-corrected chi connectivity index (χ0v) is 19.0. The Bertz CT molecular complexity index is 1130. The van der Waals surface area contributed by atoms with Gasteiger partial charge in [0.2, 0.25) is 5.95 Å². The van der Waals surface area contributed by atoms with Gasteiger partial charge < -0.3 is 10.1 Å². The Morgan fingerprint density at radius 2 is 2.13 bits per heavy atom. The molecule has 1 aromatic carbocycles. The van der Waals surface area contributed by atoms with Crippen molar-refractivity contribution in [3.63, 3.8) is 0 Å². The maximum Gasteiger partial charge on any atom is 0.341 e. The molecule has 4 rings (SSSR count). The first-order valence-corrected chi connectivity index (χ1v) is 11.1. The monoisotopic (exact) mass is 481 g/mol. The molecule has 0 unspecified atom stereocenters. The van der Waals surface area contributed by atoms with Gasteiger partial charge in [-0.1, -0.05) is 29.3 Å². The highest BCUT2D eigenvalue weighted by Crippen LogP contribution is 2.39. The molecule has 1 aliphatic rings. The van der Waals surface area contributed by atoms with Crippen LogP contribution in [0.1, 0.15) is 32.8 Å². The summed E-state index contributed by atoms with van der Waals surface area (Å²) in [5.41, 5.74) is 2.57. The molecule has 0 aliphatic heterocycles. The van der Waals surface area contributed by atoms with Gasteiger partial charge in [-0.2, -0.15) is 0 Å². The molecular weight excluding hydrogens is 465 g/mol. The molecule has 2 N–H and O–H groups in total. The number of nitrogens with one attached hydrogen (secondary N) is 2. The van der Waals surface area contributed by atoms with E-state index in [-0.39, 0.29) is 5.97 Å². The van der Waals surface area contributed by atoms with E-state index >= 15 is 0 Å². The van der Waals surface area contributed by atoms with E-state index in [2.05, 4.69) is 20.7 Å². The molecule has 0 radical (unpaired) electrons. The maximum atomic E-state index is 12.3. The Kier molecular flexibility index (Phi) is 6.24. The Balaban J connectivity index is 1.43. The Labute approximate surface area is 192 Å². The number of benzene rings is 1. The summed E-state index contributed by atoms with van der Waals surface area (Å²) in [5, 5.41) is 12.4. The number of esters is 1. The van der Waals surface area contributed by atoms with Crippen LogP contribution in [0.4, 0.5) is 10.9 Å². The molecule has 0 amide bonds. The zero-order chi connectivity index (χ0) is 21.3. The summed E-state index contributed by atoms with van der Waals surface area (Å²) >= 11 is 18.9. The molecule has 0 bridgehead atoms. The number of nitrogens with zero attached hydrogens (tertiary/aromatic N) is 3. The third-order valence-electron chi connectivity index (χ3n) is 4.63. The van der Waals surface area contributed by atoms with Gasteiger partial charge in [0.25, 0.3) is 0 Å². The summed E-state index contributed by atoms with van der Waals surface area (Å²) in [5.74, 6) is -0.0139. The molecule has 0 atom stereocenters. The lowest BCUT2D eigenvalue weighted by atomic mass is 10.1. The van der Waals surface area contributed by atoms with Crippen LogP contribution >= 0.6 is 46.8 Å². The van der Waals surface area contributed by atoms with E-state index in [1.54, 1.807) is 23.1 Å². The number of fused-ring (bicyclic) bond motifs is 1. The van der Waals surface area contributed by atoms with Crippen LogP contribution in [0.2, 0.25) is 10.0 Å². The van der Waals surface area contributed by atoms with Gasteiger partial charge >= 0.3 is 5.97 Å². The fourth-order valence-corrected chi connectivity index (χ4v) is 5.16. The number of hydrogen-bond acceptors (Lipinski definition) is 6. The zero-order valence-electron chi connectivity index (χ0n) is 15.9. The topological polar surface area (TPSA) is 81.1 Å². The lowest BCUT2D eigenvalue weighted by molar-refractivity contribution is 0.0601. The number of carbonyl (C=O) groups excluding carboxylic acids is 1. The highest BCUT2D eigenvalue weighted by molar-refractivity contribution is 7.80. The second kappa shape index (κ2) is 8.89. The minimum absolute atomic E-state index is 0.298. The van der Waals surface area contributed by atoms with Crippen LogP contribution in [0, 0.1) is 0 Å². The number of aryl methyl sites for hydroxylation is 1. The first-order valence-electron chi connectivity index (χ1n) is 9.09. The van der Waals surface area contributed by atoms with Crippen molar-refractivity contribution in [2.45, 2.75) is 25.8 Å². The van der Waals surface area contributed by atoms with Crippen LogP contribution in [0.3, 0.4) is 0 Å². The average molecular weight is 482 g/mol. The van der Waals surface area contributed by atoms with Crippen molar-refractivity contribution < 1.29 is 9.53 Å². The van der Waals surface area contributed by atoms with E-state index in [1.165, 1.54) is 23.3 Å². The number of aromatic nitrogens is 3. The fourth-order valence-electron chi connectivity index (χ4n) is 3.30. The maximum absolute atomic E-state index is 12.3. The minimum atomic E-state index is -0.358. The van der Waals surface area contributed by atoms with Crippen molar-refractivity contribution in [3.05, 3.63) is 56.1 Å². The Hall–Kier alpha value is -2.20. The van der Waals surface area contributed by atoms with Crippen molar-refractivity contribution in [1.82, 2.24) is 14.8 Å². The molecule has 2 aromatic heterocycles. The summed E-state index contributed by atoms with van der Waals surface area (Å²) in [6, 6.07) is 5.40. The number of methoxy groups -OCH3 is 1. The van der Waals surface area contributed by atoms with Crippen LogP contribution in [0.15, 0.2) is 24.5 Å². The third kappa shape index (κ3) is 4.44. The number of hydrogen-bond donors (Lipinski definition) is 2. The van der Waals surface area contributed by atoms with E-state index in [0.717, 1.165) is 30.4 Å². The van der Waals surface area contributed by atoms with E-state index in [4.69, 9.17) is 40.2 Å². The van der Waals surface area contributed by atoms with E-state index in [1.807, 2.05) is 6.07 Å². The van der Waals surface area contributed by atoms with Crippen molar-refractivity contribution in [2.75, 3.05) is 17.7 Å². The van der Waals surface area contributed by atoms with Crippen LogP contribution < -0.4 is 10.6 Å². The number of anilines is 2. The number of thiocarbonyl (C=S) groups is 1. The Morgan fingerprint density at radius 1 is 1.30 bits per heavy atom. The number of carbonyl (C=O) groups is 1. The smallest absolute Gasteiger partial charge is 0.341 e. The Morgan fingerprint density at radius 3 is 2.90 bits per heavy atom. The molecule has 0 fully saturated rings. The van der Waals surface area contributed by atoms with Crippen molar-refractivity contribution in [3.8, 4) is 0 Å². The van der Waals surface area contributed by atoms with Gasteiger partial charge in [0, 0.05) is 4.88 Å². The van der Waals surface area contributed by atoms with Gasteiger partial charge in [-0.05, 0) is 54.7 Å². The molecule has 7 nitrogen and oxygen atoms in total. The summed E-state index contributed by atoms with van der Waals surface area (Å²) < 4.78 is 6.61. The molecule has 3 aromatic rings. The highest BCUT2D eigenvalue weighted by atomic mass is 35.5. The largest absolute Gasteiger partial charge is 0.465 e. The quantitative estimate of drug-likeness (QED) is 0.400. The van der Waals surface area contributed by atoms with Crippen molar-refractivity contribution in [2.24, 2.45) is 0 Å². The summed E-state index contributed by atoms with van der Waals surface area (Å²) in [6.07, 6.45) is 4.48. The summed E-state index contributed by atoms with van der Waals surface area (Å²) in [7, 11) is 1.38. The van der Waals surface area contributed by atoms with Gasteiger partial charge in [-0.15, -0.1) is 16.4 Å². The average Bonchev–Trinajstić information content (AvgIpc) is 3.41. The van der Waals surface area contributed by atoms with Gasteiger partial charge in [0.15, 0.2) is 5.11 Å². The van der Waals surface area contributed by atoms with E-state index in [0.29, 0.717) is 38.2 Å². The lowest BCUT2D eigenvalue weighted by Crippen LogP contribution is -2.21. The molecule has 30 heavy (non-hydrogen) atoms. The van der Waals surface area contributed by atoms with Gasteiger partial charge in [0.1, 0.15) is 11.3 Å². The molecular formula is C19H17Cl2N5O2S2. The minimum Gasteiger partial charge on any atom is -0.465 e. The molecule has 0 spiro atoms. The molecule has 11 heteroatoms. The first kappa shape index (κ1) is 21.0. The number of thiophene rings is 1. The normalized spacial score (nSPS) is 12.5. The van der Waals surface area contributed by atoms with E-state index in [9.17, 15) is 4.79 Å². The molecule has 156 valence electrons. The second-order valence-corrected chi connectivity index (χ2v) is 8.97. The van der Waals surface area contributed by atoms with Gasteiger partial charge in [0.05, 0.1) is 29.3 Å². The molecule has 1 aliphatic carbocycles. The highest BCUT2D eigenvalue weighted by Gasteiger charge is 2.27. The van der Waals surface area contributed by atoms with Gasteiger partial charge in [-0.25, -0.2) is 14.5 Å². The predicted molar refractivity (Wildman–Crippen MR) is 123 cm³/mol. The molecule has 2 heterocycles. The lowest BCUT2D eigenvalue weighted by Gasteiger charge is -2.09. The number of rotatable bonds is 5. The van der Waals surface area contributed by atoms with Crippen LogP contribution in [0.5, 0.6) is 0 Å². The SMILES string of the molecule is COC(=O)c1c(NC(=S)Nc2ncn(Cc3ccc(Cl)c(Cl)c3)n2)sc2c1CCC2. The second-order valence-electron chi connectivity index (χ2n) is 6.65.